The van der Waals surface area contributed by atoms with Gasteiger partial charge in [-0.05, 0) is 39.5 Å². The molecule has 16 heavy (non-hydrogen) atoms. The smallest absolute Gasteiger partial charge is 0.254 e. The zero-order chi connectivity index (χ0) is 11.5. The van der Waals surface area contributed by atoms with Crippen LogP contribution in [0.1, 0.15) is 43.6 Å². The Labute approximate surface area is 95.1 Å². The molecule has 0 bridgehead atoms. The molecule has 1 aromatic heterocycles. The lowest BCUT2D eigenvalue weighted by Crippen LogP contribution is -2.21. The van der Waals surface area contributed by atoms with Crippen LogP contribution in [0.25, 0.3) is 0 Å². The molecule has 3 nitrogen and oxygen atoms in total. The van der Waals surface area contributed by atoms with E-state index in [2.05, 4.69) is 9.97 Å². The Balaban J connectivity index is 2.13. The van der Waals surface area contributed by atoms with Crippen molar-refractivity contribution in [1.29, 1.82) is 0 Å². The summed E-state index contributed by atoms with van der Waals surface area (Å²) in [7, 11) is 0. The molecule has 4 heteroatoms. The summed E-state index contributed by atoms with van der Waals surface area (Å²) >= 11 is 0. The average Bonchev–Trinajstić information content (AvgIpc) is 2.27. The first-order valence-corrected chi connectivity index (χ1v) is 5.84. The van der Waals surface area contributed by atoms with Gasteiger partial charge in [0.2, 0.25) is 5.82 Å². The van der Waals surface area contributed by atoms with Gasteiger partial charge in [-0.15, -0.1) is 0 Å². The average molecular weight is 224 g/mol. The van der Waals surface area contributed by atoms with E-state index in [-0.39, 0.29) is 12.0 Å². The van der Waals surface area contributed by atoms with Crippen LogP contribution in [0.3, 0.4) is 0 Å². The highest BCUT2D eigenvalue weighted by molar-refractivity contribution is 5.18. The van der Waals surface area contributed by atoms with Crippen LogP contribution in [-0.2, 0) is 0 Å². The number of hydrogen-bond acceptors (Lipinski definition) is 3. The van der Waals surface area contributed by atoms with E-state index < -0.39 is 5.82 Å². The lowest BCUT2D eigenvalue weighted by atomic mass is 9.98. The minimum Gasteiger partial charge on any atom is -0.472 e. The Hall–Kier alpha value is -1.19. The van der Waals surface area contributed by atoms with Crippen LogP contribution in [0.2, 0.25) is 0 Å². The number of aryl methyl sites for hydroxylation is 2. The van der Waals surface area contributed by atoms with Gasteiger partial charge in [-0.3, -0.25) is 0 Å². The van der Waals surface area contributed by atoms with Gasteiger partial charge in [0, 0.05) is 0 Å². The molecule has 0 spiro atoms. The Morgan fingerprint density at radius 1 is 1.12 bits per heavy atom. The molecule has 1 aliphatic rings. The molecule has 1 aliphatic carbocycles. The van der Waals surface area contributed by atoms with Crippen LogP contribution in [0, 0.1) is 19.7 Å². The molecule has 0 aromatic carbocycles. The summed E-state index contributed by atoms with van der Waals surface area (Å²) < 4.78 is 19.3. The largest absolute Gasteiger partial charge is 0.472 e. The lowest BCUT2D eigenvalue weighted by molar-refractivity contribution is 0.141. The third-order valence-electron chi connectivity index (χ3n) is 2.93. The fourth-order valence-corrected chi connectivity index (χ4v) is 2.09. The number of rotatable bonds is 2. The van der Waals surface area contributed by atoms with Gasteiger partial charge in [0.05, 0.1) is 5.69 Å². The summed E-state index contributed by atoms with van der Waals surface area (Å²) in [6.45, 7) is 3.39. The normalized spacial score (nSPS) is 17.4. The van der Waals surface area contributed by atoms with E-state index in [1.165, 1.54) is 6.42 Å². The zero-order valence-corrected chi connectivity index (χ0v) is 9.79. The maximum atomic E-state index is 13.7. The van der Waals surface area contributed by atoms with Crippen molar-refractivity contribution in [3.63, 3.8) is 0 Å². The molecule has 2 rings (SSSR count). The first-order valence-electron chi connectivity index (χ1n) is 5.84. The zero-order valence-electron chi connectivity index (χ0n) is 9.79. The summed E-state index contributed by atoms with van der Waals surface area (Å²) in [5.74, 6) is 0.262. The molecule has 0 saturated heterocycles. The standard InChI is InChI=1S/C12H17FN2O/c1-8-11(13)12(15-9(2)14-8)16-10-6-4-3-5-7-10/h10H,3-7H2,1-2H3. The molecule has 0 radical (unpaired) electrons. The highest BCUT2D eigenvalue weighted by Gasteiger charge is 2.19. The number of ether oxygens (including phenoxy) is 1. The number of halogens is 1. The summed E-state index contributed by atoms with van der Waals surface area (Å²) in [5, 5.41) is 0. The molecule has 1 heterocycles. The molecule has 1 saturated carbocycles. The molecule has 0 amide bonds. The van der Waals surface area contributed by atoms with Crippen molar-refractivity contribution in [2.24, 2.45) is 0 Å². The SMILES string of the molecule is Cc1nc(C)c(F)c(OC2CCCCC2)n1. The minimum atomic E-state index is -0.420. The second-order valence-corrected chi connectivity index (χ2v) is 4.35. The van der Waals surface area contributed by atoms with E-state index in [0.717, 1.165) is 25.7 Å². The Kier molecular flexibility index (Phi) is 3.36. The predicted molar refractivity (Wildman–Crippen MR) is 59.0 cm³/mol. The second kappa shape index (κ2) is 4.76. The number of aromatic nitrogens is 2. The van der Waals surface area contributed by atoms with Crippen molar-refractivity contribution in [1.82, 2.24) is 9.97 Å². The molecule has 1 fully saturated rings. The fourth-order valence-electron chi connectivity index (χ4n) is 2.09. The van der Waals surface area contributed by atoms with E-state index in [4.69, 9.17) is 4.74 Å². The molecule has 88 valence electrons. The monoisotopic (exact) mass is 224 g/mol. The van der Waals surface area contributed by atoms with Gasteiger partial charge in [-0.1, -0.05) is 6.42 Å². The van der Waals surface area contributed by atoms with Gasteiger partial charge < -0.3 is 4.74 Å². The lowest BCUT2D eigenvalue weighted by Gasteiger charge is -2.22. The highest BCUT2D eigenvalue weighted by atomic mass is 19.1. The maximum Gasteiger partial charge on any atom is 0.254 e. The van der Waals surface area contributed by atoms with Crippen molar-refractivity contribution in [2.75, 3.05) is 0 Å². The summed E-state index contributed by atoms with van der Waals surface area (Å²) in [6, 6.07) is 0. The maximum absolute atomic E-state index is 13.7. The van der Waals surface area contributed by atoms with Gasteiger partial charge in [0.15, 0.2) is 0 Å². The van der Waals surface area contributed by atoms with E-state index in [9.17, 15) is 4.39 Å². The van der Waals surface area contributed by atoms with Crippen LogP contribution in [-0.4, -0.2) is 16.1 Å². The van der Waals surface area contributed by atoms with E-state index in [1.807, 2.05) is 0 Å². The fraction of sp³-hybridized carbons (Fsp3) is 0.667. The van der Waals surface area contributed by atoms with E-state index >= 15 is 0 Å². The quantitative estimate of drug-likeness (QED) is 0.774. The first kappa shape index (κ1) is 11.3. The van der Waals surface area contributed by atoms with Crippen molar-refractivity contribution in [2.45, 2.75) is 52.1 Å². The summed E-state index contributed by atoms with van der Waals surface area (Å²) in [4.78, 5) is 7.98. The molecular weight excluding hydrogens is 207 g/mol. The van der Waals surface area contributed by atoms with Crippen molar-refractivity contribution >= 4 is 0 Å². The van der Waals surface area contributed by atoms with Crippen molar-refractivity contribution in [3.8, 4) is 5.88 Å². The highest BCUT2D eigenvalue weighted by Crippen LogP contribution is 2.24. The van der Waals surface area contributed by atoms with Crippen LogP contribution in [0.4, 0.5) is 4.39 Å². The van der Waals surface area contributed by atoms with Gasteiger partial charge in [-0.2, -0.15) is 9.37 Å². The molecular formula is C12H17FN2O. The molecule has 0 unspecified atom stereocenters. The molecule has 1 aromatic rings. The van der Waals surface area contributed by atoms with Crippen LogP contribution >= 0.6 is 0 Å². The van der Waals surface area contributed by atoms with E-state index in [0.29, 0.717) is 11.5 Å². The summed E-state index contributed by atoms with van der Waals surface area (Å²) in [5.41, 5.74) is 0.360. The van der Waals surface area contributed by atoms with Crippen molar-refractivity contribution in [3.05, 3.63) is 17.3 Å². The van der Waals surface area contributed by atoms with Crippen molar-refractivity contribution < 1.29 is 9.13 Å². The summed E-state index contributed by atoms with van der Waals surface area (Å²) in [6.07, 6.45) is 5.70. The predicted octanol–water partition coefficient (Wildman–Crippen LogP) is 2.94. The van der Waals surface area contributed by atoms with Gasteiger partial charge in [0.25, 0.3) is 5.88 Å². The second-order valence-electron chi connectivity index (χ2n) is 4.35. The van der Waals surface area contributed by atoms with Crippen LogP contribution < -0.4 is 4.74 Å². The van der Waals surface area contributed by atoms with Gasteiger partial charge in [-0.25, -0.2) is 4.98 Å². The number of hydrogen-bond donors (Lipinski definition) is 0. The van der Waals surface area contributed by atoms with Gasteiger partial charge >= 0.3 is 0 Å². The first-order chi connectivity index (χ1) is 7.66. The van der Waals surface area contributed by atoms with E-state index in [1.54, 1.807) is 13.8 Å². The molecule has 0 N–H and O–H groups in total. The minimum absolute atomic E-state index is 0.122. The molecule has 0 atom stereocenters. The Morgan fingerprint density at radius 3 is 2.50 bits per heavy atom. The Bertz CT molecular complexity index is 376. The number of nitrogens with zero attached hydrogens (tertiary/aromatic N) is 2. The third-order valence-corrected chi connectivity index (χ3v) is 2.93. The van der Waals surface area contributed by atoms with Crippen LogP contribution in [0.15, 0.2) is 0 Å². The molecule has 0 aliphatic heterocycles. The Morgan fingerprint density at radius 2 is 1.81 bits per heavy atom. The van der Waals surface area contributed by atoms with Crippen LogP contribution in [0.5, 0.6) is 5.88 Å². The third kappa shape index (κ3) is 2.49. The topological polar surface area (TPSA) is 35.0 Å². The van der Waals surface area contributed by atoms with Gasteiger partial charge in [0.1, 0.15) is 11.9 Å².